The molecule has 1 rings (SSSR count). The lowest BCUT2D eigenvalue weighted by Crippen LogP contribution is -2.50. The lowest BCUT2D eigenvalue weighted by Gasteiger charge is -2.26. The third-order valence-electron chi connectivity index (χ3n) is 2.37. The second kappa shape index (κ2) is 3.13. The third kappa shape index (κ3) is 2.19. The molecule has 0 amide bonds. The van der Waals surface area contributed by atoms with Crippen LogP contribution in [0.25, 0.3) is 0 Å². The highest BCUT2D eigenvalue weighted by Crippen LogP contribution is 2.29. The van der Waals surface area contributed by atoms with Gasteiger partial charge in [0.05, 0.1) is 5.60 Å². The lowest BCUT2D eigenvalue weighted by atomic mass is 9.84. The van der Waals surface area contributed by atoms with E-state index in [0.717, 1.165) is 19.3 Å². The van der Waals surface area contributed by atoms with Gasteiger partial charge in [0.2, 0.25) is 0 Å². The van der Waals surface area contributed by atoms with E-state index in [9.17, 15) is 5.11 Å². The normalized spacial score (nSPS) is 37.6. The fraction of sp³-hybridized carbons (Fsp3) is 1.00. The van der Waals surface area contributed by atoms with E-state index in [-0.39, 0.29) is 6.04 Å². The molecule has 1 fully saturated rings. The van der Waals surface area contributed by atoms with E-state index >= 15 is 0 Å². The van der Waals surface area contributed by atoms with Gasteiger partial charge in [0, 0.05) is 6.04 Å². The Bertz CT molecular complexity index is 138. The van der Waals surface area contributed by atoms with E-state index in [0.29, 0.717) is 0 Å². The summed E-state index contributed by atoms with van der Waals surface area (Å²) < 4.78 is 0. The average molecular weight is 157 g/mol. The van der Waals surface area contributed by atoms with Gasteiger partial charge in [0.1, 0.15) is 0 Å². The Labute approximate surface area is 67.9 Å². The molecule has 64 valence electrons. The molecule has 0 radical (unpaired) electrons. The second-order valence-corrected chi connectivity index (χ2v) is 3.64. The van der Waals surface area contributed by atoms with Gasteiger partial charge in [-0.3, -0.25) is 0 Å². The smallest absolute Gasteiger partial charge is 0.373 e. The van der Waals surface area contributed by atoms with Crippen molar-refractivity contribution in [3.8, 4) is 0 Å². The van der Waals surface area contributed by atoms with Crippen LogP contribution in [0.2, 0.25) is 6.82 Å². The minimum atomic E-state index is -0.628. The van der Waals surface area contributed by atoms with Crippen LogP contribution in [0.4, 0.5) is 0 Å². The Kier molecular flexibility index (Phi) is 2.57. The molecule has 0 heterocycles. The van der Waals surface area contributed by atoms with Gasteiger partial charge in [-0.1, -0.05) is 0 Å². The Morgan fingerprint density at radius 3 is 2.64 bits per heavy atom. The first-order chi connectivity index (χ1) is 5.02. The maximum atomic E-state index is 9.73. The fourth-order valence-electron chi connectivity index (χ4n) is 1.70. The molecule has 2 atom stereocenters. The molecule has 1 saturated carbocycles. The minimum absolute atomic E-state index is 0.0579. The van der Waals surface area contributed by atoms with E-state index < -0.39 is 12.7 Å². The van der Waals surface area contributed by atoms with Crippen LogP contribution in [0.5, 0.6) is 0 Å². The number of aliphatic hydroxyl groups is 1. The predicted molar refractivity (Wildman–Crippen MR) is 45.2 cm³/mol. The van der Waals surface area contributed by atoms with Gasteiger partial charge in [-0.2, -0.15) is 0 Å². The van der Waals surface area contributed by atoms with Gasteiger partial charge in [0.25, 0.3) is 0 Å². The molecule has 1 aliphatic rings. The third-order valence-corrected chi connectivity index (χ3v) is 2.37. The molecule has 4 heteroatoms. The van der Waals surface area contributed by atoms with E-state index in [4.69, 9.17) is 5.02 Å². The van der Waals surface area contributed by atoms with Crippen LogP contribution < -0.4 is 5.23 Å². The molecule has 11 heavy (non-hydrogen) atoms. The van der Waals surface area contributed by atoms with Crippen molar-refractivity contribution in [2.45, 2.75) is 44.7 Å². The van der Waals surface area contributed by atoms with Crippen LogP contribution in [-0.4, -0.2) is 28.8 Å². The molecule has 2 unspecified atom stereocenters. The highest BCUT2D eigenvalue weighted by Gasteiger charge is 2.37. The largest absolute Gasteiger partial charge is 0.437 e. The van der Waals surface area contributed by atoms with Crippen molar-refractivity contribution in [1.82, 2.24) is 5.23 Å². The maximum Gasteiger partial charge on any atom is 0.373 e. The summed E-state index contributed by atoms with van der Waals surface area (Å²) in [4.78, 5) is 0. The molecule has 0 bridgehead atoms. The van der Waals surface area contributed by atoms with E-state index in [1.807, 2.05) is 6.92 Å². The zero-order valence-electron chi connectivity index (χ0n) is 7.17. The monoisotopic (exact) mass is 157 g/mol. The van der Waals surface area contributed by atoms with Crippen LogP contribution in [0, 0.1) is 0 Å². The quantitative estimate of drug-likeness (QED) is 0.494. The van der Waals surface area contributed by atoms with Crippen molar-refractivity contribution in [3.63, 3.8) is 0 Å². The van der Waals surface area contributed by atoms with E-state index in [1.54, 1.807) is 6.82 Å². The van der Waals surface area contributed by atoms with Crippen molar-refractivity contribution in [2.24, 2.45) is 0 Å². The summed E-state index contributed by atoms with van der Waals surface area (Å²) >= 11 is 0. The van der Waals surface area contributed by atoms with Gasteiger partial charge in [-0.25, -0.2) is 0 Å². The van der Waals surface area contributed by atoms with Gasteiger partial charge < -0.3 is 15.4 Å². The summed E-state index contributed by atoms with van der Waals surface area (Å²) in [7, 11) is -0.524. The molecule has 0 spiro atoms. The zero-order chi connectivity index (χ0) is 8.48. The summed E-state index contributed by atoms with van der Waals surface area (Å²) in [5.74, 6) is 0. The molecule has 3 nitrogen and oxygen atoms in total. The highest BCUT2D eigenvalue weighted by atomic mass is 16.3. The Balaban J connectivity index is 2.45. The van der Waals surface area contributed by atoms with Crippen molar-refractivity contribution in [3.05, 3.63) is 0 Å². The minimum Gasteiger partial charge on any atom is -0.437 e. The van der Waals surface area contributed by atoms with Gasteiger partial charge in [-0.05, 0) is 33.0 Å². The van der Waals surface area contributed by atoms with E-state index in [2.05, 4.69) is 5.23 Å². The number of hydrogen-bond donors (Lipinski definition) is 3. The van der Waals surface area contributed by atoms with Crippen LogP contribution in [0.15, 0.2) is 0 Å². The van der Waals surface area contributed by atoms with Crippen molar-refractivity contribution in [2.75, 3.05) is 0 Å². The SMILES string of the molecule is CB(O)NC1CCCC1(C)O. The molecule has 1 aliphatic carbocycles. The Morgan fingerprint density at radius 1 is 1.64 bits per heavy atom. The van der Waals surface area contributed by atoms with Crippen molar-refractivity contribution >= 4 is 7.05 Å². The summed E-state index contributed by atoms with van der Waals surface area (Å²) in [5.41, 5.74) is -0.628. The number of hydrogen-bond acceptors (Lipinski definition) is 3. The molecule has 0 aromatic heterocycles. The van der Waals surface area contributed by atoms with E-state index in [1.165, 1.54) is 0 Å². The Hall–Kier alpha value is -0.0551. The first-order valence-electron chi connectivity index (χ1n) is 4.19. The molecular formula is C7H16BNO2. The average Bonchev–Trinajstić information content (AvgIpc) is 2.10. The first-order valence-corrected chi connectivity index (χ1v) is 4.19. The van der Waals surface area contributed by atoms with Crippen LogP contribution in [0.1, 0.15) is 26.2 Å². The fourth-order valence-corrected chi connectivity index (χ4v) is 1.70. The molecule has 3 N–H and O–H groups in total. The molecular weight excluding hydrogens is 141 g/mol. The Morgan fingerprint density at radius 2 is 2.27 bits per heavy atom. The summed E-state index contributed by atoms with van der Waals surface area (Å²) in [6.07, 6.45) is 2.83. The first kappa shape index (κ1) is 9.04. The zero-order valence-corrected chi connectivity index (χ0v) is 7.17. The van der Waals surface area contributed by atoms with Gasteiger partial charge >= 0.3 is 7.05 Å². The highest BCUT2D eigenvalue weighted by molar-refractivity contribution is 6.45. The number of nitrogens with one attached hydrogen (secondary N) is 1. The van der Waals surface area contributed by atoms with Gasteiger partial charge in [-0.15, -0.1) is 0 Å². The summed E-state index contributed by atoms with van der Waals surface area (Å²) in [6.45, 7) is 3.49. The summed E-state index contributed by atoms with van der Waals surface area (Å²) in [5, 5.41) is 21.7. The van der Waals surface area contributed by atoms with Crippen LogP contribution >= 0.6 is 0 Å². The topological polar surface area (TPSA) is 52.5 Å². The maximum absolute atomic E-state index is 9.73. The standard InChI is InChI=1S/C7H16BNO2/c1-7(10)5-3-4-6(7)9-8(2)11/h6,9-11H,3-5H2,1-2H3. The summed E-state index contributed by atoms with van der Waals surface area (Å²) in [6, 6.07) is 0.0579. The van der Waals surface area contributed by atoms with Crippen LogP contribution in [-0.2, 0) is 0 Å². The van der Waals surface area contributed by atoms with Crippen molar-refractivity contribution in [1.29, 1.82) is 0 Å². The molecule has 0 aromatic rings. The molecule has 0 saturated heterocycles. The lowest BCUT2D eigenvalue weighted by molar-refractivity contribution is 0.0451. The molecule has 0 aliphatic heterocycles. The predicted octanol–water partition coefficient (Wildman–Crippen LogP) is -0.0102. The molecule has 0 aromatic carbocycles. The number of rotatable bonds is 2. The van der Waals surface area contributed by atoms with Crippen molar-refractivity contribution < 1.29 is 10.1 Å². The van der Waals surface area contributed by atoms with Crippen LogP contribution in [0.3, 0.4) is 0 Å². The van der Waals surface area contributed by atoms with Gasteiger partial charge in [0.15, 0.2) is 0 Å². The second-order valence-electron chi connectivity index (χ2n) is 3.64.